The Bertz CT molecular complexity index is 973. The van der Waals surface area contributed by atoms with Crippen molar-refractivity contribution >= 4 is 0 Å². The van der Waals surface area contributed by atoms with Crippen LogP contribution < -0.4 is 0 Å². The molecule has 4 fully saturated rings. The van der Waals surface area contributed by atoms with E-state index >= 15 is 0 Å². The normalized spacial score (nSPS) is 44.5. The van der Waals surface area contributed by atoms with Gasteiger partial charge in [0, 0.05) is 20.4 Å². The highest BCUT2D eigenvalue weighted by molar-refractivity contribution is 5.22. The molecule has 4 aliphatic rings. The van der Waals surface area contributed by atoms with Gasteiger partial charge in [-0.3, -0.25) is 4.68 Å². The number of hydrogen-bond acceptors (Lipinski definition) is 5. The van der Waals surface area contributed by atoms with Crippen molar-refractivity contribution in [3.63, 3.8) is 0 Å². The van der Waals surface area contributed by atoms with Crippen LogP contribution in [0.4, 0.5) is 0 Å². The van der Waals surface area contributed by atoms with Crippen molar-refractivity contribution in [2.45, 2.75) is 96.3 Å². The highest BCUT2D eigenvalue weighted by atomic mass is 16.5. The average Bonchev–Trinajstić information content (AvgIpc) is 3.43. The smallest absolute Gasteiger partial charge is 0.102 e. The number of nitrogens with zero attached hydrogens (tertiary/aromatic N) is 3. The van der Waals surface area contributed by atoms with Gasteiger partial charge in [-0.25, -0.2) is 0 Å². The summed E-state index contributed by atoms with van der Waals surface area (Å²) < 4.78 is 13.6. The molecule has 0 spiro atoms. The van der Waals surface area contributed by atoms with E-state index in [1.807, 2.05) is 18.0 Å². The summed E-state index contributed by atoms with van der Waals surface area (Å²) in [5.74, 6) is 3.38. The molecule has 0 aromatic carbocycles. The number of nitriles is 1. The van der Waals surface area contributed by atoms with Crippen LogP contribution in [-0.4, -0.2) is 46.9 Å². The number of hydrogen-bond donors (Lipinski definition) is 1. The van der Waals surface area contributed by atoms with Crippen LogP contribution in [0, 0.1) is 51.8 Å². The first kappa shape index (κ1) is 25.2. The van der Waals surface area contributed by atoms with E-state index in [0.29, 0.717) is 36.0 Å². The maximum Gasteiger partial charge on any atom is 0.102 e. The second-order valence-corrected chi connectivity index (χ2v) is 13.2. The maximum atomic E-state index is 11.1. The van der Waals surface area contributed by atoms with Crippen molar-refractivity contribution in [1.82, 2.24) is 9.78 Å². The second-order valence-electron chi connectivity index (χ2n) is 13.2. The van der Waals surface area contributed by atoms with Gasteiger partial charge < -0.3 is 14.6 Å². The Labute approximate surface area is 211 Å². The van der Waals surface area contributed by atoms with Gasteiger partial charge in [0.05, 0.1) is 36.1 Å². The molecule has 4 saturated carbocycles. The Morgan fingerprint density at radius 3 is 2.57 bits per heavy atom. The SMILES string of the molecule is COC[C@@]1(O)CC[C@@]2(C)[C@H](CC[C@@H]3[C@@H]2CC[C@@]2(C)[C@H]3CC[C@@H]2[C@](C)(Cn2cc(C#N)cn2)OC)C1. The fraction of sp³-hybridized carbons (Fsp3) is 0.862. The zero-order valence-electron chi connectivity index (χ0n) is 22.4. The lowest BCUT2D eigenvalue weighted by Gasteiger charge is -2.62. The minimum absolute atomic E-state index is 0.270. The Hall–Kier alpha value is -1.42. The van der Waals surface area contributed by atoms with Gasteiger partial charge in [0.2, 0.25) is 0 Å². The molecule has 1 heterocycles. The van der Waals surface area contributed by atoms with E-state index in [4.69, 9.17) is 9.47 Å². The first-order valence-electron chi connectivity index (χ1n) is 13.8. The van der Waals surface area contributed by atoms with Crippen molar-refractivity contribution in [3.8, 4) is 6.07 Å². The molecule has 9 atom stereocenters. The summed E-state index contributed by atoms with van der Waals surface area (Å²) in [7, 11) is 3.57. The largest absolute Gasteiger partial charge is 0.387 e. The highest BCUT2D eigenvalue weighted by Gasteiger charge is 2.63. The second kappa shape index (κ2) is 8.85. The van der Waals surface area contributed by atoms with Gasteiger partial charge in [0.25, 0.3) is 0 Å². The Morgan fingerprint density at radius 2 is 1.89 bits per heavy atom. The molecule has 194 valence electrons. The van der Waals surface area contributed by atoms with Crippen LogP contribution in [0.15, 0.2) is 12.4 Å². The van der Waals surface area contributed by atoms with Crippen LogP contribution in [0.1, 0.15) is 84.1 Å². The van der Waals surface area contributed by atoms with E-state index in [1.54, 1.807) is 13.3 Å². The molecule has 1 N–H and O–H groups in total. The first-order valence-corrected chi connectivity index (χ1v) is 13.8. The van der Waals surface area contributed by atoms with Crippen molar-refractivity contribution in [1.29, 1.82) is 5.26 Å². The molecule has 0 amide bonds. The summed E-state index contributed by atoms with van der Waals surface area (Å²) in [6.07, 6.45) is 14.0. The predicted octanol–water partition coefficient (Wildman–Crippen LogP) is 5.20. The standard InChI is InChI=1S/C29H45N3O3/c1-26-12-13-29(33,19-34-4)14-21(26)6-7-22-23-8-9-25(27(23,2)11-10-24(22)26)28(3,35-5)18-32-17-20(15-30)16-31-32/h16-17,21-25,33H,6-14,18-19H2,1-5H3/t21-,22+,23+,24+,25+,26+,27+,28+,29-/m1/s1. The number of rotatable bonds is 6. The van der Waals surface area contributed by atoms with Gasteiger partial charge in [0.1, 0.15) is 6.07 Å². The fourth-order valence-electron chi connectivity index (χ4n) is 9.87. The van der Waals surface area contributed by atoms with Gasteiger partial charge >= 0.3 is 0 Å². The molecule has 0 saturated heterocycles. The third kappa shape index (κ3) is 3.97. The number of fused-ring (bicyclic) bond motifs is 5. The summed E-state index contributed by atoms with van der Waals surface area (Å²) in [4.78, 5) is 0. The average molecular weight is 484 g/mol. The van der Waals surface area contributed by atoms with E-state index in [2.05, 4.69) is 31.9 Å². The number of aliphatic hydroxyl groups is 1. The van der Waals surface area contributed by atoms with Crippen molar-refractivity contribution in [3.05, 3.63) is 18.0 Å². The summed E-state index contributed by atoms with van der Waals surface area (Å²) in [5.41, 5.74) is 0.277. The predicted molar refractivity (Wildman–Crippen MR) is 134 cm³/mol. The van der Waals surface area contributed by atoms with Crippen LogP contribution in [-0.2, 0) is 16.0 Å². The molecule has 0 unspecified atom stereocenters. The quantitative estimate of drug-likeness (QED) is 0.602. The Balaban J connectivity index is 1.36. The molecule has 0 bridgehead atoms. The van der Waals surface area contributed by atoms with Crippen LogP contribution >= 0.6 is 0 Å². The highest BCUT2D eigenvalue weighted by Crippen LogP contribution is 2.69. The van der Waals surface area contributed by atoms with Gasteiger partial charge in [-0.2, -0.15) is 10.4 Å². The van der Waals surface area contributed by atoms with Crippen molar-refractivity contribution < 1.29 is 14.6 Å². The summed E-state index contributed by atoms with van der Waals surface area (Å²) in [6, 6.07) is 2.20. The number of aromatic nitrogens is 2. The number of ether oxygens (including phenoxy) is 2. The van der Waals surface area contributed by atoms with E-state index in [1.165, 1.54) is 38.5 Å². The van der Waals surface area contributed by atoms with Crippen molar-refractivity contribution in [2.24, 2.45) is 40.4 Å². The zero-order chi connectivity index (χ0) is 25.1. The fourth-order valence-corrected chi connectivity index (χ4v) is 9.87. The van der Waals surface area contributed by atoms with Gasteiger partial charge in [-0.15, -0.1) is 0 Å². The lowest BCUT2D eigenvalue weighted by molar-refractivity contribution is -0.173. The minimum Gasteiger partial charge on any atom is -0.387 e. The molecule has 1 aromatic heterocycles. The molecule has 35 heavy (non-hydrogen) atoms. The third-order valence-corrected chi connectivity index (χ3v) is 11.7. The Kier molecular flexibility index (Phi) is 6.38. The summed E-state index contributed by atoms with van der Waals surface area (Å²) in [5, 5.41) is 24.8. The van der Waals surface area contributed by atoms with Crippen LogP contribution in [0.2, 0.25) is 0 Å². The van der Waals surface area contributed by atoms with E-state index in [0.717, 1.165) is 37.0 Å². The molecule has 6 heteroatoms. The minimum atomic E-state index is -0.633. The molecule has 6 nitrogen and oxygen atoms in total. The first-order chi connectivity index (χ1) is 16.6. The maximum absolute atomic E-state index is 11.1. The molecule has 0 radical (unpaired) electrons. The molecular formula is C29H45N3O3. The monoisotopic (exact) mass is 483 g/mol. The van der Waals surface area contributed by atoms with Gasteiger partial charge in [-0.05, 0) is 105 Å². The van der Waals surface area contributed by atoms with Crippen LogP contribution in [0.3, 0.4) is 0 Å². The summed E-state index contributed by atoms with van der Waals surface area (Å²) >= 11 is 0. The van der Waals surface area contributed by atoms with Gasteiger partial charge in [0.15, 0.2) is 0 Å². The van der Waals surface area contributed by atoms with Crippen LogP contribution in [0.5, 0.6) is 0 Å². The van der Waals surface area contributed by atoms with E-state index in [9.17, 15) is 10.4 Å². The molecule has 1 aromatic rings. The van der Waals surface area contributed by atoms with Crippen molar-refractivity contribution in [2.75, 3.05) is 20.8 Å². The number of methoxy groups -OCH3 is 2. The van der Waals surface area contributed by atoms with E-state index in [-0.39, 0.29) is 11.0 Å². The molecular weight excluding hydrogens is 438 g/mol. The third-order valence-electron chi connectivity index (χ3n) is 11.7. The summed E-state index contributed by atoms with van der Waals surface area (Å²) in [6.45, 7) is 8.53. The van der Waals surface area contributed by atoms with Gasteiger partial charge in [-0.1, -0.05) is 13.8 Å². The topological polar surface area (TPSA) is 80.3 Å². The molecule has 4 aliphatic carbocycles. The Morgan fingerprint density at radius 1 is 1.11 bits per heavy atom. The molecule has 0 aliphatic heterocycles. The molecule has 5 rings (SSSR count). The van der Waals surface area contributed by atoms with E-state index < -0.39 is 5.60 Å². The lowest BCUT2D eigenvalue weighted by atomic mass is 9.43. The zero-order valence-corrected chi connectivity index (χ0v) is 22.4. The lowest BCUT2D eigenvalue weighted by Crippen LogP contribution is -2.58. The van der Waals surface area contributed by atoms with Crippen LogP contribution in [0.25, 0.3) is 0 Å².